The van der Waals surface area contributed by atoms with Gasteiger partial charge >= 0.3 is 0 Å². The van der Waals surface area contributed by atoms with E-state index in [4.69, 9.17) is 9.98 Å². The summed E-state index contributed by atoms with van der Waals surface area (Å²) >= 11 is 0. The van der Waals surface area contributed by atoms with Crippen molar-refractivity contribution in [1.29, 1.82) is 0 Å². The number of hydrogen-bond acceptors (Lipinski definition) is 3. The number of rotatable bonds is 1. The summed E-state index contributed by atoms with van der Waals surface area (Å²) in [6.07, 6.45) is 7.59. The van der Waals surface area contributed by atoms with E-state index >= 15 is 0 Å². The lowest BCUT2D eigenvalue weighted by Crippen LogP contribution is -2.29. The van der Waals surface area contributed by atoms with Gasteiger partial charge in [0.05, 0.1) is 23.0 Å². The number of benzene rings is 3. The van der Waals surface area contributed by atoms with Crippen molar-refractivity contribution < 1.29 is 0 Å². The van der Waals surface area contributed by atoms with E-state index in [0.29, 0.717) is 5.92 Å². The molecule has 33 heavy (non-hydrogen) atoms. The van der Waals surface area contributed by atoms with Crippen LogP contribution in [-0.4, -0.2) is 19.1 Å². The Morgan fingerprint density at radius 3 is 2.52 bits per heavy atom. The number of aliphatic imine (C=N–C) groups is 2. The molecule has 2 aliphatic carbocycles. The van der Waals surface area contributed by atoms with Crippen LogP contribution in [0, 0.1) is 11.8 Å². The third kappa shape index (κ3) is 3.27. The minimum atomic E-state index is 0.0738. The van der Waals surface area contributed by atoms with Crippen molar-refractivity contribution in [2.24, 2.45) is 21.8 Å². The predicted octanol–water partition coefficient (Wildman–Crippen LogP) is 6.95. The summed E-state index contributed by atoms with van der Waals surface area (Å²) in [4.78, 5) is 12.5. The molecule has 1 heterocycles. The molecule has 0 saturated carbocycles. The maximum absolute atomic E-state index is 5.36. The van der Waals surface area contributed by atoms with E-state index in [1.807, 2.05) is 6.21 Å². The number of fused-ring (bicyclic) bond motifs is 5. The molecule has 2 unspecified atom stereocenters. The molecule has 2 atom stereocenters. The van der Waals surface area contributed by atoms with Gasteiger partial charge in [-0.1, -0.05) is 79.2 Å². The maximum Gasteiger partial charge on any atom is 0.140 e. The summed E-state index contributed by atoms with van der Waals surface area (Å²) in [5, 5.41) is 0. The van der Waals surface area contributed by atoms with Crippen LogP contribution < -0.4 is 4.90 Å². The monoisotopic (exact) mass is 429 g/mol. The average molecular weight is 430 g/mol. The highest BCUT2D eigenvalue weighted by atomic mass is 15.2. The zero-order valence-electron chi connectivity index (χ0n) is 19.3. The van der Waals surface area contributed by atoms with Crippen molar-refractivity contribution in [2.75, 3.05) is 11.9 Å². The normalized spacial score (nSPS) is 20.8. The summed E-state index contributed by atoms with van der Waals surface area (Å²) < 4.78 is 0. The van der Waals surface area contributed by atoms with Crippen molar-refractivity contribution in [1.82, 2.24) is 0 Å². The van der Waals surface area contributed by atoms with Crippen molar-refractivity contribution in [2.45, 2.75) is 20.3 Å². The molecule has 0 saturated heterocycles. The molecule has 0 spiro atoms. The molecule has 1 aliphatic heterocycles. The number of para-hydroxylation sites is 2. The van der Waals surface area contributed by atoms with Crippen LogP contribution in [0.1, 0.15) is 30.5 Å². The van der Waals surface area contributed by atoms with E-state index in [0.717, 1.165) is 29.3 Å². The van der Waals surface area contributed by atoms with Crippen LogP contribution in [0.5, 0.6) is 0 Å². The topological polar surface area (TPSA) is 28.0 Å². The van der Waals surface area contributed by atoms with Gasteiger partial charge < -0.3 is 4.90 Å². The van der Waals surface area contributed by atoms with E-state index in [-0.39, 0.29) is 5.92 Å². The van der Waals surface area contributed by atoms with Gasteiger partial charge in [-0.2, -0.15) is 0 Å². The second-order valence-electron chi connectivity index (χ2n) is 9.24. The number of hydrogen-bond donors (Lipinski definition) is 0. The Balaban J connectivity index is 1.58. The first-order valence-corrected chi connectivity index (χ1v) is 11.7. The molecule has 3 aromatic carbocycles. The highest BCUT2D eigenvalue weighted by molar-refractivity contribution is 6.13. The molecule has 0 N–H and O–H groups in total. The van der Waals surface area contributed by atoms with Gasteiger partial charge in [-0.05, 0) is 53.6 Å². The van der Waals surface area contributed by atoms with Crippen molar-refractivity contribution in [3.8, 4) is 11.1 Å². The molecule has 3 aliphatic rings. The number of amidine groups is 1. The fourth-order valence-corrected chi connectivity index (χ4v) is 5.19. The summed E-state index contributed by atoms with van der Waals surface area (Å²) in [6, 6.07) is 23.7. The largest absolute Gasteiger partial charge is 0.327 e. The zero-order chi connectivity index (χ0) is 22.5. The fourth-order valence-electron chi connectivity index (χ4n) is 5.19. The first-order chi connectivity index (χ1) is 16.1. The second-order valence-corrected chi connectivity index (χ2v) is 9.24. The first-order valence-electron chi connectivity index (χ1n) is 11.7. The molecule has 0 bridgehead atoms. The molecule has 0 fully saturated rings. The van der Waals surface area contributed by atoms with Crippen LogP contribution in [0.4, 0.5) is 11.4 Å². The molecule has 6 rings (SSSR count). The van der Waals surface area contributed by atoms with Crippen LogP contribution in [0.25, 0.3) is 11.1 Å². The average Bonchev–Trinajstić information content (AvgIpc) is 3.23. The van der Waals surface area contributed by atoms with Crippen LogP contribution in [0.15, 0.2) is 100 Å². The fraction of sp³-hybridized carbons (Fsp3) is 0.200. The van der Waals surface area contributed by atoms with E-state index in [2.05, 4.69) is 105 Å². The smallest absolute Gasteiger partial charge is 0.140 e. The lowest BCUT2D eigenvalue weighted by atomic mass is 9.88. The zero-order valence-corrected chi connectivity index (χ0v) is 19.3. The molecular formula is C30H27N3. The summed E-state index contributed by atoms with van der Waals surface area (Å²) in [7, 11) is 2.11. The third-order valence-corrected chi connectivity index (χ3v) is 7.18. The van der Waals surface area contributed by atoms with Crippen molar-refractivity contribution in [3.05, 3.63) is 107 Å². The molecule has 0 radical (unpaired) electrons. The molecule has 3 aromatic rings. The van der Waals surface area contributed by atoms with Gasteiger partial charge in [0.15, 0.2) is 0 Å². The van der Waals surface area contributed by atoms with Crippen LogP contribution in [-0.2, 0) is 6.42 Å². The molecule has 3 heteroatoms. The molecule has 162 valence electrons. The highest BCUT2D eigenvalue weighted by Crippen LogP contribution is 2.40. The van der Waals surface area contributed by atoms with Gasteiger partial charge in [-0.25, -0.2) is 4.99 Å². The summed E-state index contributed by atoms with van der Waals surface area (Å²) in [5.41, 5.74) is 11.1. The van der Waals surface area contributed by atoms with E-state index in [1.165, 1.54) is 33.4 Å². The summed E-state index contributed by atoms with van der Waals surface area (Å²) in [6.45, 7) is 4.44. The van der Waals surface area contributed by atoms with Crippen molar-refractivity contribution >= 4 is 23.4 Å². The van der Waals surface area contributed by atoms with Gasteiger partial charge in [0, 0.05) is 18.8 Å². The van der Waals surface area contributed by atoms with Gasteiger partial charge in [0.25, 0.3) is 0 Å². The van der Waals surface area contributed by atoms with Crippen LogP contribution >= 0.6 is 0 Å². The Labute approximate surface area is 195 Å². The van der Waals surface area contributed by atoms with Crippen LogP contribution in [0.3, 0.4) is 0 Å². The van der Waals surface area contributed by atoms with Gasteiger partial charge in [0.1, 0.15) is 5.84 Å². The highest BCUT2D eigenvalue weighted by Gasteiger charge is 2.27. The standard InChI is InChI=1S/C30H27N3/c1-19-15-22-18-31-27-13-6-7-14-29(27)33(3)30(32-28(22)16-20(19)2)25-12-8-11-24-23-10-5-4-9-21(23)17-26(24)25/h4-16,18,20,22H,17H2,1-3H3. The first kappa shape index (κ1) is 19.9. The minimum Gasteiger partial charge on any atom is -0.327 e. The quantitative estimate of drug-likeness (QED) is 0.301. The summed E-state index contributed by atoms with van der Waals surface area (Å²) in [5.74, 6) is 1.42. The van der Waals surface area contributed by atoms with E-state index in [1.54, 1.807) is 0 Å². The predicted molar refractivity (Wildman–Crippen MR) is 139 cm³/mol. The third-order valence-electron chi connectivity index (χ3n) is 7.18. The van der Waals surface area contributed by atoms with Gasteiger partial charge in [0.2, 0.25) is 0 Å². The van der Waals surface area contributed by atoms with Gasteiger partial charge in [-0.3, -0.25) is 4.99 Å². The van der Waals surface area contributed by atoms with Gasteiger partial charge in [-0.15, -0.1) is 0 Å². The lowest BCUT2D eigenvalue weighted by molar-refractivity contribution is 0.783. The Kier molecular flexibility index (Phi) is 4.65. The number of allylic oxidation sites excluding steroid dienone is 3. The number of anilines is 1. The molecule has 0 aromatic heterocycles. The molecule has 0 amide bonds. The van der Waals surface area contributed by atoms with Crippen LogP contribution in [0.2, 0.25) is 0 Å². The Bertz CT molecular complexity index is 1390. The Morgan fingerprint density at radius 1 is 0.848 bits per heavy atom. The van der Waals surface area contributed by atoms with E-state index < -0.39 is 0 Å². The SMILES string of the molecule is CC1=CC2C=Nc3ccccc3N(C)C(c3cccc4c3Cc3ccccc3-4)=NC2=CC1C. The number of nitrogens with zero attached hydrogens (tertiary/aromatic N) is 3. The maximum atomic E-state index is 5.36. The molecule has 3 nitrogen and oxygen atoms in total. The van der Waals surface area contributed by atoms with Crippen molar-refractivity contribution in [3.63, 3.8) is 0 Å². The Morgan fingerprint density at radius 2 is 1.61 bits per heavy atom. The molecular weight excluding hydrogens is 402 g/mol. The van der Waals surface area contributed by atoms with E-state index in [9.17, 15) is 0 Å². The minimum absolute atomic E-state index is 0.0738. The lowest BCUT2D eigenvalue weighted by Gasteiger charge is -2.26. The second kappa shape index (κ2) is 7.70. The Hall–Kier alpha value is -3.72.